The number of likely N-dealkylation sites (tertiary alicyclic amines) is 1. The zero-order chi connectivity index (χ0) is 18.1. The van der Waals surface area contributed by atoms with Crippen molar-refractivity contribution in [2.45, 2.75) is 25.1 Å². The van der Waals surface area contributed by atoms with E-state index in [0.29, 0.717) is 6.54 Å². The van der Waals surface area contributed by atoms with Gasteiger partial charge < -0.3 is 14.0 Å². The number of aromatic nitrogens is 2. The summed E-state index contributed by atoms with van der Waals surface area (Å²) in [7, 11) is 3.66. The first-order chi connectivity index (χ1) is 12.6. The predicted molar refractivity (Wildman–Crippen MR) is 95.9 cm³/mol. The van der Waals surface area contributed by atoms with Crippen LogP contribution in [0.5, 0.6) is 5.75 Å². The molecule has 2 aromatic rings. The van der Waals surface area contributed by atoms with E-state index < -0.39 is 0 Å². The molecule has 7 heteroatoms. The summed E-state index contributed by atoms with van der Waals surface area (Å²) in [5.74, 6) is 1.87. The highest BCUT2D eigenvalue weighted by atomic mass is 16.6. The van der Waals surface area contributed by atoms with E-state index in [9.17, 15) is 4.79 Å². The molecule has 1 amide bonds. The van der Waals surface area contributed by atoms with Gasteiger partial charge >= 0.3 is 6.09 Å². The summed E-state index contributed by atoms with van der Waals surface area (Å²) in [5, 5.41) is 0. The minimum atomic E-state index is -0.190. The van der Waals surface area contributed by atoms with Gasteiger partial charge in [-0.1, -0.05) is 12.1 Å². The van der Waals surface area contributed by atoms with E-state index in [-0.39, 0.29) is 18.2 Å². The molecule has 0 N–H and O–H groups in total. The SMILES string of the molecule is COc1ccc(CCN2C(=O)O[C@H]3CN(Cc4nccn4C)C[C@H]32)cc1. The van der Waals surface area contributed by atoms with Gasteiger partial charge in [-0.25, -0.2) is 9.78 Å². The van der Waals surface area contributed by atoms with Crippen LogP contribution in [0.3, 0.4) is 0 Å². The minimum Gasteiger partial charge on any atom is -0.497 e. The minimum absolute atomic E-state index is 0.0429. The molecule has 0 radical (unpaired) electrons. The Bertz CT molecular complexity index is 773. The van der Waals surface area contributed by atoms with Gasteiger partial charge in [0, 0.05) is 39.1 Å². The molecular formula is C19H24N4O3. The second-order valence-corrected chi connectivity index (χ2v) is 6.93. The van der Waals surface area contributed by atoms with Crippen molar-refractivity contribution in [1.29, 1.82) is 0 Å². The van der Waals surface area contributed by atoms with Gasteiger partial charge in [-0.15, -0.1) is 0 Å². The van der Waals surface area contributed by atoms with Gasteiger partial charge in [0.15, 0.2) is 0 Å². The molecule has 2 fully saturated rings. The van der Waals surface area contributed by atoms with Crippen LogP contribution in [0, 0.1) is 0 Å². The molecule has 1 aromatic heterocycles. The number of ether oxygens (including phenoxy) is 2. The number of methoxy groups -OCH3 is 1. The van der Waals surface area contributed by atoms with Crippen LogP contribution in [0.1, 0.15) is 11.4 Å². The average Bonchev–Trinajstić information content (AvgIpc) is 3.29. The molecule has 2 atom stereocenters. The predicted octanol–water partition coefficient (Wildman–Crippen LogP) is 1.68. The molecule has 2 aliphatic rings. The summed E-state index contributed by atoms with van der Waals surface area (Å²) in [4.78, 5) is 20.8. The lowest BCUT2D eigenvalue weighted by atomic mass is 10.1. The Morgan fingerprint density at radius 3 is 2.77 bits per heavy atom. The van der Waals surface area contributed by atoms with Crippen LogP contribution in [0.25, 0.3) is 0 Å². The number of nitrogens with zero attached hydrogens (tertiary/aromatic N) is 4. The number of imidazole rings is 1. The maximum Gasteiger partial charge on any atom is 0.410 e. The molecule has 138 valence electrons. The van der Waals surface area contributed by atoms with E-state index in [1.807, 2.05) is 53.2 Å². The number of hydrogen-bond donors (Lipinski definition) is 0. The Kier molecular flexibility index (Phi) is 4.55. The maximum absolute atomic E-state index is 12.2. The Morgan fingerprint density at radius 1 is 1.27 bits per heavy atom. The van der Waals surface area contributed by atoms with Gasteiger partial charge in [0.1, 0.15) is 17.7 Å². The topological polar surface area (TPSA) is 59.8 Å². The number of benzene rings is 1. The smallest absolute Gasteiger partial charge is 0.410 e. The summed E-state index contributed by atoms with van der Waals surface area (Å²) in [5.41, 5.74) is 1.19. The molecule has 4 rings (SSSR count). The fourth-order valence-corrected chi connectivity index (χ4v) is 3.76. The summed E-state index contributed by atoms with van der Waals surface area (Å²) in [6.45, 7) is 3.04. The van der Waals surface area contributed by atoms with Crippen molar-refractivity contribution in [3.63, 3.8) is 0 Å². The zero-order valence-electron chi connectivity index (χ0n) is 15.2. The normalized spacial score (nSPS) is 22.5. The van der Waals surface area contributed by atoms with Crippen LogP contribution in [0.2, 0.25) is 0 Å². The fourth-order valence-electron chi connectivity index (χ4n) is 3.76. The average molecular weight is 356 g/mol. The van der Waals surface area contributed by atoms with Crippen LogP contribution in [-0.4, -0.2) is 64.3 Å². The number of amides is 1. The summed E-state index contributed by atoms with van der Waals surface area (Å²) in [6, 6.07) is 8.11. The Hall–Kier alpha value is -2.54. The summed E-state index contributed by atoms with van der Waals surface area (Å²) in [6.07, 6.45) is 4.34. The van der Waals surface area contributed by atoms with Crippen LogP contribution in [0.15, 0.2) is 36.7 Å². The molecule has 7 nitrogen and oxygen atoms in total. The Morgan fingerprint density at radius 2 is 2.08 bits per heavy atom. The molecule has 0 saturated carbocycles. The molecule has 3 heterocycles. The monoisotopic (exact) mass is 356 g/mol. The molecule has 26 heavy (non-hydrogen) atoms. The second kappa shape index (κ2) is 6.99. The van der Waals surface area contributed by atoms with Crippen LogP contribution < -0.4 is 4.74 Å². The van der Waals surface area contributed by atoms with Crippen molar-refractivity contribution < 1.29 is 14.3 Å². The first-order valence-electron chi connectivity index (χ1n) is 8.93. The van der Waals surface area contributed by atoms with Crippen molar-refractivity contribution >= 4 is 6.09 Å². The molecule has 0 unspecified atom stereocenters. The molecule has 0 bridgehead atoms. The van der Waals surface area contributed by atoms with E-state index in [4.69, 9.17) is 9.47 Å². The van der Waals surface area contributed by atoms with E-state index in [1.165, 1.54) is 5.56 Å². The Balaban J connectivity index is 1.36. The quantitative estimate of drug-likeness (QED) is 0.788. The van der Waals surface area contributed by atoms with Crippen molar-refractivity contribution in [3.8, 4) is 5.75 Å². The third-order valence-electron chi connectivity index (χ3n) is 5.29. The van der Waals surface area contributed by atoms with Gasteiger partial charge in [0.2, 0.25) is 0 Å². The Labute approximate surface area is 153 Å². The number of carbonyl (C=O) groups is 1. The van der Waals surface area contributed by atoms with Gasteiger partial charge in [-0.05, 0) is 24.1 Å². The highest BCUT2D eigenvalue weighted by molar-refractivity contribution is 5.71. The summed E-state index contributed by atoms with van der Waals surface area (Å²) >= 11 is 0. The second-order valence-electron chi connectivity index (χ2n) is 6.93. The molecule has 2 saturated heterocycles. The standard InChI is InChI=1S/C19H24N4O3/c1-21-10-8-20-18(21)13-22-11-16-17(12-22)26-19(24)23(16)9-7-14-3-5-15(25-2)6-4-14/h3-6,8,10,16-17H,7,9,11-13H2,1-2H3/t16-,17+/m1/s1. The first-order valence-corrected chi connectivity index (χ1v) is 8.93. The number of rotatable bonds is 6. The van der Waals surface area contributed by atoms with Crippen LogP contribution >= 0.6 is 0 Å². The zero-order valence-corrected chi connectivity index (χ0v) is 15.2. The van der Waals surface area contributed by atoms with Crippen molar-refractivity contribution in [1.82, 2.24) is 19.4 Å². The van der Waals surface area contributed by atoms with Gasteiger partial charge in [-0.3, -0.25) is 9.80 Å². The van der Waals surface area contributed by atoms with Crippen LogP contribution in [-0.2, 0) is 24.8 Å². The van der Waals surface area contributed by atoms with Crippen molar-refractivity contribution in [2.75, 3.05) is 26.7 Å². The van der Waals surface area contributed by atoms with Gasteiger partial charge in [-0.2, -0.15) is 0 Å². The highest BCUT2D eigenvalue weighted by Crippen LogP contribution is 2.28. The van der Waals surface area contributed by atoms with E-state index in [1.54, 1.807) is 7.11 Å². The third kappa shape index (κ3) is 3.26. The van der Waals surface area contributed by atoms with Crippen LogP contribution in [0.4, 0.5) is 4.79 Å². The van der Waals surface area contributed by atoms with Crippen molar-refractivity contribution in [3.05, 3.63) is 48.0 Å². The molecule has 1 aromatic carbocycles. The van der Waals surface area contributed by atoms with Gasteiger partial charge in [0.25, 0.3) is 0 Å². The highest BCUT2D eigenvalue weighted by Gasteiger charge is 2.47. The number of aryl methyl sites for hydroxylation is 1. The number of hydrogen-bond acceptors (Lipinski definition) is 5. The molecule has 0 spiro atoms. The number of fused-ring (bicyclic) bond motifs is 1. The fraction of sp³-hybridized carbons (Fsp3) is 0.474. The molecule has 2 aliphatic heterocycles. The van der Waals surface area contributed by atoms with Crippen molar-refractivity contribution in [2.24, 2.45) is 7.05 Å². The summed E-state index contributed by atoms with van der Waals surface area (Å²) < 4.78 is 12.8. The third-order valence-corrected chi connectivity index (χ3v) is 5.29. The lowest BCUT2D eigenvalue weighted by molar-refractivity contribution is 0.119. The molecule has 0 aliphatic carbocycles. The van der Waals surface area contributed by atoms with E-state index in [0.717, 1.165) is 37.6 Å². The first kappa shape index (κ1) is 16.9. The van der Waals surface area contributed by atoms with E-state index >= 15 is 0 Å². The largest absolute Gasteiger partial charge is 0.497 e. The van der Waals surface area contributed by atoms with E-state index in [2.05, 4.69) is 9.88 Å². The lowest BCUT2D eigenvalue weighted by Crippen LogP contribution is -2.39. The lowest BCUT2D eigenvalue weighted by Gasteiger charge is -2.22. The number of carbonyl (C=O) groups excluding carboxylic acids is 1. The maximum atomic E-state index is 12.2. The molecular weight excluding hydrogens is 332 g/mol. The van der Waals surface area contributed by atoms with Gasteiger partial charge in [0.05, 0.1) is 19.7 Å².